The zero-order valence-corrected chi connectivity index (χ0v) is 17.2. The van der Waals surface area contributed by atoms with E-state index >= 15 is 0 Å². The molecule has 6 nitrogen and oxygen atoms in total. The van der Waals surface area contributed by atoms with Crippen LogP contribution in [-0.2, 0) is 20.8 Å². The van der Waals surface area contributed by atoms with Crippen molar-refractivity contribution < 1.29 is 18.8 Å². The summed E-state index contributed by atoms with van der Waals surface area (Å²) in [6.07, 6.45) is 0.794. The van der Waals surface area contributed by atoms with Gasteiger partial charge in [0.2, 0.25) is 17.7 Å². The molecule has 0 saturated heterocycles. The van der Waals surface area contributed by atoms with E-state index in [-0.39, 0.29) is 41.6 Å². The number of hydrogen-bond donors (Lipinski definition) is 2. The lowest BCUT2D eigenvalue weighted by Gasteiger charge is -2.17. The molecule has 0 fully saturated rings. The van der Waals surface area contributed by atoms with Gasteiger partial charge < -0.3 is 15.5 Å². The van der Waals surface area contributed by atoms with E-state index in [1.165, 1.54) is 29.2 Å². The van der Waals surface area contributed by atoms with Crippen LogP contribution in [0.5, 0.6) is 0 Å². The number of carbonyl (C=O) groups is 3. The molecule has 2 N–H and O–H groups in total. The molecule has 2 rings (SSSR count). The molecule has 0 spiro atoms. The van der Waals surface area contributed by atoms with Crippen molar-refractivity contribution in [1.82, 2.24) is 4.90 Å². The largest absolute Gasteiger partial charge is 0.336 e. The number of nitrogens with zero attached hydrogens (tertiary/aromatic N) is 1. The summed E-state index contributed by atoms with van der Waals surface area (Å²) in [7, 11) is 1.55. The lowest BCUT2D eigenvalue weighted by atomic mass is 10.1. The molecule has 0 aliphatic heterocycles. The average Bonchev–Trinajstić information content (AvgIpc) is 2.70. The van der Waals surface area contributed by atoms with Gasteiger partial charge in [0, 0.05) is 18.4 Å². The summed E-state index contributed by atoms with van der Waals surface area (Å²) in [5.41, 5.74) is 2.26. The van der Waals surface area contributed by atoms with Crippen LogP contribution < -0.4 is 10.6 Å². The fourth-order valence-electron chi connectivity index (χ4n) is 2.52. The third kappa shape index (κ3) is 7.57. The molecule has 0 aromatic heterocycles. The molecule has 154 valence electrons. The first-order valence-electron chi connectivity index (χ1n) is 9.14. The monoisotopic (exact) mass is 417 g/mol. The Bertz CT molecular complexity index is 859. The second-order valence-electron chi connectivity index (χ2n) is 6.36. The maximum Gasteiger partial charge on any atom is 0.243 e. The maximum atomic E-state index is 12.9. The van der Waals surface area contributed by atoms with Gasteiger partial charge in [0.05, 0.1) is 18.1 Å². The zero-order valence-electron chi connectivity index (χ0n) is 16.4. The van der Waals surface area contributed by atoms with Gasteiger partial charge in [-0.3, -0.25) is 14.4 Å². The highest BCUT2D eigenvalue weighted by Crippen LogP contribution is 2.15. The van der Waals surface area contributed by atoms with Crippen LogP contribution in [-0.4, -0.2) is 47.7 Å². The summed E-state index contributed by atoms with van der Waals surface area (Å²) in [6.45, 7) is 1.93. The molecule has 3 amide bonds. The molecular formula is C21H24FN3O3S. The Balaban J connectivity index is 1.72. The van der Waals surface area contributed by atoms with Gasteiger partial charge >= 0.3 is 0 Å². The van der Waals surface area contributed by atoms with Crippen molar-refractivity contribution >= 4 is 40.9 Å². The van der Waals surface area contributed by atoms with Crippen LogP contribution in [0.4, 0.5) is 15.8 Å². The molecule has 2 aromatic carbocycles. The van der Waals surface area contributed by atoms with Gasteiger partial charge in [-0.2, -0.15) is 0 Å². The Labute approximate surface area is 173 Å². The van der Waals surface area contributed by atoms with E-state index in [1.807, 2.05) is 31.2 Å². The van der Waals surface area contributed by atoms with Crippen molar-refractivity contribution in [3.8, 4) is 0 Å². The number of nitrogens with one attached hydrogen (secondary N) is 2. The van der Waals surface area contributed by atoms with Gasteiger partial charge in [-0.05, 0) is 42.3 Å². The fourth-order valence-corrected chi connectivity index (χ4v) is 3.27. The third-order valence-corrected chi connectivity index (χ3v) is 4.98. The second kappa shape index (κ2) is 11.2. The van der Waals surface area contributed by atoms with Crippen molar-refractivity contribution in [1.29, 1.82) is 0 Å². The van der Waals surface area contributed by atoms with Crippen LogP contribution in [0.3, 0.4) is 0 Å². The first-order chi connectivity index (χ1) is 13.9. The SMILES string of the molecule is CCc1ccccc1NC(=O)CN(C)C(=O)CSCC(=O)Nc1ccc(F)cc1. The number of aryl methyl sites for hydroxylation is 1. The lowest BCUT2D eigenvalue weighted by Crippen LogP contribution is -2.36. The Morgan fingerprint density at radius 2 is 1.66 bits per heavy atom. The van der Waals surface area contributed by atoms with E-state index in [2.05, 4.69) is 10.6 Å². The minimum atomic E-state index is -0.381. The van der Waals surface area contributed by atoms with Crippen LogP contribution in [0.1, 0.15) is 12.5 Å². The third-order valence-electron chi connectivity index (χ3n) is 4.07. The number of amides is 3. The van der Waals surface area contributed by atoms with Crippen molar-refractivity contribution in [3.63, 3.8) is 0 Å². The predicted molar refractivity (Wildman–Crippen MR) is 114 cm³/mol. The molecule has 0 aliphatic rings. The highest BCUT2D eigenvalue weighted by atomic mass is 32.2. The number of para-hydroxylation sites is 1. The highest BCUT2D eigenvalue weighted by molar-refractivity contribution is 8.00. The van der Waals surface area contributed by atoms with Crippen LogP contribution in [0.2, 0.25) is 0 Å². The molecule has 0 heterocycles. The van der Waals surface area contributed by atoms with Crippen LogP contribution in [0.15, 0.2) is 48.5 Å². The van der Waals surface area contributed by atoms with Gasteiger partial charge in [-0.1, -0.05) is 25.1 Å². The van der Waals surface area contributed by atoms with Gasteiger partial charge in [0.15, 0.2) is 0 Å². The molecule has 2 aromatic rings. The van der Waals surface area contributed by atoms with E-state index in [4.69, 9.17) is 0 Å². The molecule has 0 bridgehead atoms. The maximum absolute atomic E-state index is 12.9. The van der Waals surface area contributed by atoms with Crippen molar-refractivity contribution in [3.05, 3.63) is 59.9 Å². The summed E-state index contributed by atoms with van der Waals surface area (Å²) in [6, 6.07) is 13.0. The topological polar surface area (TPSA) is 78.5 Å². The standard InChI is InChI=1S/C21H24FN3O3S/c1-3-15-6-4-5-7-18(15)24-19(26)12-25(2)21(28)14-29-13-20(27)23-17-10-8-16(22)9-11-17/h4-11H,3,12-14H2,1-2H3,(H,23,27)(H,24,26). The Morgan fingerprint density at radius 1 is 0.966 bits per heavy atom. The second-order valence-corrected chi connectivity index (χ2v) is 7.34. The fraction of sp³-hybridized carbons (Fsp3) is 0.286. The van der Waals surface area contributed by atoms with E-state index in [1.54, 1.807) is 7.05 Å². The van der Waals surface area contributed by atoms with Gasteiger partial charge in [0.25, 0.3) is 0 Å². The van der Waals surface area contributed by atoms with Gasteiger partial charge in [0.1, 0.15) is 5.82 Å². The number of hydrogen-bond acceptors (Lipinski definition) is 4. The molecule has 29 heavy (non-hydrogen) atoms. The summed E-state index contributed by atoms with van der Waals surface area (Å²) in [4.78, 5) is 37.6. The number of anilines is 2. The summed E-state index contributed by atoms with van der Waals surface area (Å²) < 4.78 is 12.9. The van der Waals surface area contributed by atoms with Crippen molar-refractivity contribution in [2.75, 3.05) is 35.7 Å². The zero-order chi connectivity index (χ0) is 21.2. The Kier molecular flexibility index (Phi) is 8.67. The minimum absolute atomic E-state index is 0.0702. The number of benzene rings is 2. The number of likely N-dealkylation sites (N-methyl/N-ethyl adjacent to an activating group) is 1. The molecule has 8 heteroatoms. The first kappa shape index (κ1) is 22.4. The molecule has 0 unspecified atom stereocenters. The highest BCUT2D eigenvalue weighted by Gasteiger charge is 2.14. The Morgan fingerprint density at radius 3 is 2.34 bits per heavy atom. The van der Waals surface area contributed by atoms with Crippen molar-refractivity contribution in [2.24, 2.45) is 0 Å². The molecule has 0 aliphatic carbocycles. The average molecular weight is 418 g/mol. The quantitative estimate of drug-likeness (QED) is 0.657. The van der Waals surface area contributed by atoms with E-state index in [0.29, 0.717) is 5.69 Å². The van der Waals surface area contributed by atoms with E-state index in [9.17, 15) is 18.8 Å². The smallest absolute Gasteiger partial charge is 0.243 e. The number of halogens is 1. The number of rotatable bonds is 9. The Hall–Kier alpha value is -2.87. The van der Waals surface area contributed by atoms with E-state index in [0.717, 1.165) is 29.4 Å². The van der Waals surface area contributed by atoms with Crippen molar-refractivity contribution in [2.45, 2.75) is 13.3 Å². The molecule has 0 radical (unpaired) electrons. The normalized spacial score (nSPS) is 10.3. The van der Waals surface area contributed by atoms with Crippen LogP contribution >= 0.6 is 11.8 Å². The number of thioether (sulfide) groups is 1. The molecule has 0 saturated carbocycles. The predicted octanol–water partition coefficient (Wildman–Crippen LogP) is 3.16. The van der Waals surface area contributed by atoms with Gasteiger partial charge in [-0.25, -0.2) is 4.39 Å². The van der Waals surface area contributed by atoms with Crippen LogP contribution in [0, 0.1) is 5.82 Å². The molecule has 0 atom stereocenters. The van der Waals surface area contributed by atoms with E-state index < -0.39 is 0 Å². The summed E-state index contributed by atoms with van der Waals surface area (Å²) in [5, 5.41) is 5.45. The minimum Gasteiger partial charge on any atom is -0.336 e. The lowest BCUT2D eigenvalue weighted by molar-refractivity contribution is -0.131. The summed E-state index contributed by atoms with van der Waals surface area (Å²) in [5.74, 6) is -1.04. The number of carbonyl (C=O) groups excluding carboxylic acids is 3. The summed E-state index contributed by atoms with van der Waals surface area (Å²) >= 11 is 1.15. The first-order valence-corrected chi connectivity index (χ1v) is 10.3. The van der Waals surface area contributed by atoms with Crippen LogP contribution in [0.25, 0.3) is 0 Å². The molecular weight excluding hydrogens is 393 g/mol. The van der Waals surface area contributed by atoms with Gasteiger partial charge in [-0.15, -0.1) is 11.8 Å².